The zero-order valence-corrected chi connectivity index (χ0v) is 45.6. The molecule has 81 heavy (non-hydrogen) atoms. The Bertz CT molecular complexity index is 2920. The number of rotatable bonds is 29. The fourth-order valence-electron chi connectivity index (χ4n) is 7.12. The highest BCUT2D eigenvalue weighted by atomic mass is 16.7. The number of methoxy groups -OCH3 is 4. The Morgan fingerprint density at radius 1 is 0.370 bits per heavy atom. The summed E-state index contributed by atoms with van der Waals surface area (Å²) in [6.45, 7) is 0.497. The van der Waals surface area contributed by atoms with Gasteiger partial charge >= 0.3 is 5.97 Å². The van der Waals surface area contributed by atoms with Gasteiger partial charge in [-0.15, -0.1) is 0 Å². The number of carbonyl (C=O) groups is 3. The lowest BCUT2D eigenvalue weighted by atomic mass is 10.1. The van der Waals surface area contributed by atoms with E-state index in [1.54, 1.807) is 113 Å². The van der Waals surface area contributed by atoms with Crippen molar-refractivity contribution in [2.45, 2.75) is 0 Å². The first kappa shape index (κ1) is 65.0. The molecule has 0 bridgehead atoms. The molecule has 0 unspecified atom stereocenters. The predicted octanol–water partition coefficient (Wildman–Crippen LogP) is 7.46. The highest BCUT2D eigenvalue weighted by molar-refractivity contribution is 5.95. The van der Waals surface area contributed by atoms with Crippen LogP contribution in [-0.2, 0) is 18.9 Å². The summed E-state index contributed by atoms with van der Waals surface area (Å²) in [4.78, 5) is 38.5. The van der Waals surface area contributed by atoms with E-state index in [2.05, 4.69) is 0 Å². The lowest BCUT2D eigenvalue weighted by molar-refractivity contribution is 0.0322. The van der Waals surface area contributed by atoms with Crippen LogP contribution in [0.3, 0.4) is 0 Å². The molecule has 2 amide bonds. The summed E-state index contributed by atoms with van der Waals surface area (Å²) >= 11 is 0. The van der Waals surface area contributed by atoms with E-state index in [9.17, 15) is 24.6 Å². The van der Waals surface area contributed by atoms with E-state index in [1.807, 2.05) is 66.8 Å². The number of carboxylic acids is 1. The van der Waals surface area contributed by atoms with Gasteiger partial charge in [-0.2, -0.15) is 0 Å². The van der Waals surface area contributed by atoms with Gasteiger partial charge in [0.1, 0.15) is 0 Å². The molecule has 0 aliphatic heterocycles. The second-order valence-electron chi connectivity index (χ2n) is 17.0. The van der Waals surface area contributed by atoms with Crippen molar-refractivity contribution in [3.05, 3.63) is 177 Å². The van der Waals surface area contributed by atoms with Crippen molar-refractivity contribution >= 4 is 54.2 Å². The number of hydrogen-bond donors (Lipinski definition) is 7. The van der Waals surface area contributed by atoms with Crippen LogP contribution >= 0.6 is 0 Å². The predicted molar refractivity (Wildman–Crippen MR) is 306 cm³/mol. The maximum atomic E-state index is 12.5. The Hall–Kier alpha value is -8.57. The Kier molecular flexibility index (Phi) is 29.3. The van der Waals surface area contributed by atoms with Crippen molar-refractivity contribution in [2.75, 3.05) is 108 Å². The molecule has 0 radical (unpaired) electrons. The van der Waals surface area contributed by atoms with E-state index in [4.69, 9.17) is 63.4 Å². The number of amides is 2. The summed E-state index contributed by atoms with van der Waals surface area (Å²) in [7, 11) is 6.17. The Morgan fingerprint density at radius 3 is 0.963 bits per heavy atom. The van der Waals surface area contributed by atoms with Gasteiger partial charge in [-0.25, -0.2) is 4.79 Å². The first-order valence-corrected chi connectivity index (χ1v) is 25.2. The first-order chi connectivity index (χ1) is 39.3. The van der Waals surface area contributed by atoms with Gasteiger partial charge in [-0.3, -0.25) is 9.59 Å². The molecule has 7 N–H and O–H groups in total. The average molecular weight is 1120 g/mol. The number of ether oxygens (including phenoxy) is 8. The Morgan fingerprint density at radius 2 is 0.654 bits per heavy atom. The standard InChI is InChI=1S/C23H29NO7.C19H21NO5.C19H20O6/c1-28-16-30-21-10-7-19(15-22(21)31-17-29-2)4-3-18-5-8-20(9-6-18)23(27)24(11-13-25)12-14-26;21-11-9-20(10-12-22)19(25)16-6-3-14(4-7-16)1-2-15-5-8-17(23)18(24)13-15;1-22-12-24-17-10-7-15(11-18(17)25-13-23-2)4-3-14-5-8-16(9-6-14)19(20)21/h3-10,15,25-26H,11-14,16-17H2,1-2H3;1-8,13,21-24H,9-12H2;3-11H,12-13H2,1-2H3,(H,20,21). The summed E-state index contributed by atoms with van der Waals surface area (Å²) in [5.74, 6) is 0.411. The maximum Gasteiger partial charge on any atom is 0.335 e. The third kappa shape index (κ3) is 22.6. The number of aromatic hydroxyl groups is 2. The number of phenolic OH excluding ortho intramolecular Hbond substituents is 2. The number of carboxylic acid groups (broad SMARTS) is 1. The van der Waals surface area contributed by atoms with Crippen molar-refractivity contribution < 1.29 is 88.0 Å². The Labute approximate surface area is 470 Å². The summed E-state index contributed by atoms with van der Waals surface area (Å²) in [5.41, 5.74) is 6.41. The van der Waals surface area contributed by atoms with Crippen molar-refractivity contribution in [1.29, 1.82) is 0 Å². The van der Waals surface area contributed by atoms with Gasteiger partial charge in [0, 0.05) is 65.7 Å². The number of benzene rings is 6. The van der Waals surface area contributed by atoms with E-state index in [0.717, 1.165) is 33.4 Å². The van der Waals surface area contributed by atoms with Gasteiger partial charge < -0.3 is 83.4 Å². The van der Waals surface area contributed by atoms with Gasteiger partial charge in [-0.05, 0) is 106 Å². The molecular weight excluding hydrogens is 1050 g/mol. The normalized spacial score (nSPS) is 10.9. The monoisotopic (exact) mass is 1120 g/mol. The molecule has 432 valence electrons. The van der Waals surface area contributed by atoms with Crippen LogP contribution in [0.25, 0.3) is 36.5 Å². The van der Waals surface area contributed by atoms with Crippen molar-refractivity contribution in [3.63, 3.8) is 0 Å². The maximum absolute atomic E-state index is 12.5. The van der Waals surface area contributed by atoms with Crippen LogP contribution in [0, 0.1) is 0 Å². The van der Waals surface area contributed by atoms with Crippen LogP contribution in [0.1, 0.15) is 64.5 Å². The van der Waals surface area contributed by atoms with Crippen LogP contribution in [0.2, 0.25) is 0 Å². The van der Waals surface area contributed by atoms with Crippen molar-refractivity contribution in [1.82, 2.24) is 9.80 Å². The summed E-state index contributed by atoms with van der Waals surface area (Å²) in [6.07, 6.45) is 11.2. The zero-order chi connectivity index (χ0) is 58.8. The highest BCUT2D eigenvalue weighted by Crippen LogP contribution is 2.31. The van der Waals surface area contributed by atoms with Crippen molar-refractivity contribution in [3.8, 4) is 34.5 Å². The van der Waals surface area contributed by atoms with Crippen LogP contribution in [0.4, 0.5) is 0 Å². The largest absolute Gasteiger partial charge is 0.504 e. The fourth-order valence-corrected chi connectivity index (χ4v) is 7.12. The first-order valence-electron chi connectivity index (χ1n) is 25.2. The number of aromatic carboxylic acids is 1. The van der Waals surface area contributed by atoms with E-state index in [-0.39, 0.29) is 109 Å². The van der Waals surface area contributed by atoms with Gasteiger partial charge in [0.15, 0.2) is 61.7 Å². The second-order valence-corrected chi connectivity index (χ2v) is 17.0. The minimum Gasteiger partial charge on any atom is -0.504 e. The lowest BCUT2D eigenvalue weighted by Crippen LogP contribution is -2.35. The molecule has 0 aromatic heterocycles. The molecule has 20 nitrogen and oxygen atoms in total. The summed E-state index contributed by atoms with van der Waals surface area (Å²) < 4.78 is 41.8. The summed E-state index contributed by atoms with van der Waals surface area (Å²) in [5, 5.41) is 63.9. The van der Waals surface area contributed by atoms with Crippen LogP contribution < -0.4 is 18.9 Å². The number of aliphatic hydroxyl groups is 4. The molecule has 0 saturated carbocycles. The molecule has 0 fully saturated rings. The van der Waals surface area contributed by atoms with Gasteiger partial charge in [0.05, 0.1) is 32.0 Å². The molecule has 0 aliphatic carbocycles. The zero-order valence-electron chi connectivity index (χ0n) is 45.6. The fraction of sp³-hybridized carbons (Fsp3) is 0.262. The quantitative estimate of drug-likeness (QED) is 0.0136. The average Bonchev–Trinajstić information content (AvgIpc) is 3.49. The highest BCUT2D eigenvalue weighted by Gasteiger charge is 2.16. The smallest absolute Gasteiger partial charge is 0.335 e. The molecule has 6 rings (SSSR count). The molecule has 0 aliphatic rings. The van der Waals surface area contributed by atoms with Crippen LogP contribution in [0.5, 0.6) is 34.5 Å². The van der Waals surface area contributed by atoms with Crippen LogP contribution in [-0.4, -0.2) is 172 Å². The van der Waals surface area contributed by atoms with E-state index >= 15 is 0 Å². The van der Waals surface area contributed by atoms with Gasteiger partial charge in [-0.1, -0.05) is 91.1 Å². The number of nitrogens with zero attached hydrogens (tertiary/aromatic N) is 2. The molecular formula is C61H70N2O18. The molecule has 0 heterocycles. The van der Waals surface area contributed by atoms with Gasteiger partial charge in [0.2, 0.25) is 0 Å². The van der Waals surface area contributed by atoms with Gasteiger partial charge in [0.25, 0.3) is 11.8 Å². The minimum atomic E-state index is -0.942. The summed E-state index contributed by atoms with van der Waals surface area (Å²) in [6, 6.07) is 36.2. The number of phenols is 2. The SMILES string of the molecule is COCOc1ccc(C=Cc2ccc(C(=O)N(CCO)CCO)cc2)cc1OCOC.COCOc1ccc(C=Cc2ccc(C(=O)O)cc2)cc1OCOC.O=C(c1ccc(C=Cc2ccc(O)c(O)c2)cc1)N(CCO)CCO. The second kappa shape index (κ2) is 36.6. The van der Waals surface area contributed by atoms with Crippen molar-refractivity contribution in [2.24, 2.45) is 0 Å². The van der Waals surface area contributed by atoms with Crippen LogP contribution in [0.15, 0.2) is 127 Å². The molecule has 0 saturated heterocycles. The minimum absolute atomic E-state index is 0.0928. The molecule has 6 aromatic rings. The molecule has 0 atom stereocenters. The Balaban J connectivity index is 0.000000264. The number of hydrogen-bond acceptors (Lipinski definition) is 17. The topological polar surface area (TPSA) is 273 Å². The van der Waals surface area contributed by atoms with E-state index in [1.165, 1.54) is 21.9 Å². The van der Waals surface area contributed by atoms with E-state index in [0.29, 0.717) is 34.1 Å². The third-order valence-electron chi connectivity index (χ3n) is 11.2. The number of aliphatic hydroxyl groups excluding tert-OH is 4. The molecule has 20 heteroatoms. The lowest BCUT2D eigenvalue weighted by Gasteiger charge is -2.20. The molecule has 0 spiro atoms. The molecule has 6 aromatic carbocycles. The number of carbonyl (C=O) groups excluding carboxylic acids is 2. The van der Waals surface area contributed by atoms with E-state index < -0.39 is 5.97 Å². The third-order valence-corrected chi connectivity index (χ3v) is 11.2.